The minimum absolute atomic E-state index is 0.0678. The highest BCUT2D eigenvalue weighted by Gasteiger charge is 2.31. The molecule has 0 aliphatic rings. The predicted octanol–water partition coefficient (Wildman–Crippen LogP) is 5.36. The molecule has 33 heavy (non-hydrogen) atoms. The number of benzene rings is 3. The highest BCUT2D eigenvalue weighted by Crippen LogP contribution is 2.27. The first kappa shape index (κ1) is 25.3. The van der Waals surface area contributed by atoms with Crippen LogP contribution in [0, 0.1) is 3.57 Å². The second-order valence-corrected chi connectivity index (χ2v) is 9.34. The van der Waals surface area contributed by atoms with Crippen molar-refractivity contribution >= 4 is 57.6 Å². The number of hydrogen-bond donors (Lipinski definition) is 1. The summed E-state index contributed by atoms with van der Waals surface area (Å²) in [5.74, 6) is -0.0715. The maximum atomic E-state index is 13.4. The fourth-order valence-corrected chi connectivity index (χ4v) is 4.21. The number of nitrogens with zero attached hydrogens (tertiary/aromatic N) is 1. The lowest BCUT2D eigenvalue weighted by Gasteiger charge is -2.31. The van der Waals surface area contributed by atoms with E-state index >= 15 is 0 Å². The van der Waals surface area contributed by atoms with Gasteiger partial charge in [0.15, 0.2) is 6.61 Å². The standard InChI is InChI=1S/C25H23Cl2IN2O3/c1-29-25(32)23(14-17-6-3-2-4-7-17)30(15-20-21(26)8-5-9-22(20)27)24(31)16-33-19-12-10-18(28)11-13-19/h2-13,23H,14-16H2,1H3,(H,29,32)/t23-/m1/s1. The van der Waals surface area contributed by atoms with Crippen LogP contribution in [0.25, 0.3) is 0 Å². The number of hydrogen-bond acceptors (Lipinski definition) is 3. The molecule has 5 nitrogen and oxygen atoms in total. The van der Waals surface area contributed by atoms with Crippen LogP contribution in [0.2, 0.25) is 10.0 Å². The van der Waals surface area contributed by atoms with Gasteiger partial charge >= 0.3 is 0 Å². The molecule has 0 heterocycles. The number of nitrogens with one attached hydrogen (secondary N) is 1. The van der Waals surface area contributed by atoms with Crippen LogP contribution in [0.5, 0.6) is 5.75 Å². The van der Waals surface area contributed by atoms with E-state index in [4.69, 9.17) is 27.9 Å². The van der Waals surface area contributed by atoms with Gasteiger partial charge in [-0.1, -0.05) is 59.6 Å². The van der Waals surface area contributed by atoms with Crippen molar-refractivity contribution in [3.05, 3.63) is 97.5 Å². The Hall–Kier alpha value is -2.29. The second kappa shape index (κ2) is 12.3. The molecule has 0 saturated heterocycles. The molecule has 0 fully saturated rings. The van der Waals surface area contributed by atoms with Gasteiger partial charge in [0.1, 0.15) is 11.8 Å². The van der Waals surface area contributed by atoms with Crippen LogP contribution in [0.4, 0.5) is 0 Å². The highest BCUT2D eigenvalue weighted by atomic mass is 127. The summed E-state index contributed by atoms with van der Waals surface area (Å²) in [7, 11) is 1.55. The topological polar surface area (TPSA) is 58.6 Å². The monoisotopic (exact) mass is 596 g/mol. The number of halogens is 3. The third-order valence-corrected chi connectivity index (χ3v) is 6.51. The number of ether oxygens (including phenoxy) is 1. The van der Waals surface area contributed by atoms with E-state index in [1.165, 1.54) is 4.90 Å². The summed E-state index contributed by atoms with van der Waals surface area (Å²) in [5, 5.41) is 3.53. The molecular weight excluding hydrogens is 574 g/mol. The number of carbonyl (C=O) groups is 2. The summed E-state index contributed by atoms with van der Waals surface area (Å²) >= 11 is 15.0. The quantitative estimate of drug-likeness (QED) is 0.338. The largest absolute Gasteiger partial charge is 0.484 e. The zero-order chi connectivity index (χ0) is 23.8. The Balaban J connectivity index is 1.91. The third-order valence-electron chi connectivity index (χ3n) is 5.08. The van der Waals surface area contributed by atoms with Crippen molar-refractivity contribution < 1.29 is 14.3 Å². The Morgan fingerprint density at radius 3 is 2.21 bits per heavy atom. The summed E-state index contributed by atoms with van der Waals surface area (Å²) in [5.41, 5.74) is 1.50. The minimum Gasteiger partial charge on any atom is -0.484 e. The summed E-state index contributed by atoms with van der Waals surface area (Å²) in [6, 6.07) is 21.3. The van der Waals surface area contributed by atoms with Crippen LogP contribution < -0.4 is 10.1 Å². The summed E-state index contributed by atoms with van der Waals surface area (Å²) in [6.45, 7) is -0.163. The van der Waals surface area contributed by atoms with Gasteiger partial charge < -0.3 is 15.0 Å². The van der Waals surface area contributed by atoms with Crippen LogP contribution in [0.1, 0.15) is 11.1 Å². The molecule has 0 aliphatic heterocycles. The van der Waals surface area contributed by atoms with Gasteiger partial charge in [0, 0.05) is 39.2 Å². The fraction of sp³-hybridized carbons (Fsp3) is 0.200. The third kappa shape index (κ3) is 7.09. The van der Waals surface area contributed by atoms with Gasteiger partial charge in [-0.2, -0.15) is 0 Å². The zero-order valence-electron chi connectivity index (χ0n) is 17.9. The van der Waals surface area contributed by atoms with Gasteiger partial charge in [-0.3, -0.25) is 9.59 Å². The number of likely N-dealkylation sites (N-methyl/N-ethyl adjacent to an activating group) is 1. The zero-order valence-corrected chi connectivity index (χ0v) is 21.6. The van der Waals surface area contributed by atoms with Crippen molar-refractivity contribution in [3.63, 3.8) is 0 Å². The molecule has 0 radical (unpaired) electrons. The molecule has 1 atom stereocenters. The second-order valence-electron chi connectivity index (χ2n) is 7.28. The van der Waals surface area contributed by atoms with Crippen molar-refractivity contribution in [2.75, 3.05) is 13.7 Å². The van der Waals surface area contributed by atoms with E-state index in [1.807, 2.05) is 42.5 Å². The van der Waals surface area contributed by atoms with Gasteiger partial charge in [-0.05, 0) is 64.6 Å². The Labute approximate surface area is 217 Å². The smallest absolute Gasteiger partial charge is 0.261 e. The van der Waals surface area contributed by atoms with Crippen molar-refractivity contribution in [2.24, 2.45) is 0 Å². The first-order valence-electron chi connectivity index (χ1n) is 10.2. The molecule has 1 N–H and O–H groups in total. The van der Waals surface area contributed by atoms with E-state index in [1.54, 1.807) is 37.4 Å². The summed E-state index contributed by atoms with van der Waals surface area (Å²) < 4.78 is 6.78. The molecule has 0 bridgehead atoms. The molecule has 2 amide bonds. The van der Waals surface area contributed by atoms with Gasteiger partial charge in [0.25, 0.3) is 5.91 Å². The number of amides is 2. The van der Waals surface area contributed by atoms with Crippen molar-refractivity contribution in [1.29, 1.82) is 0 Å². The molecular formula is C25H23Cl2IN2O3. The van der Waals surface area contributed by atoms with Crippen LogP contribution >= 0.6 is 45.8 Å². The fourth-order valence-electron chi connectivity index (χ4n) is 3.33. The number of carbonyl (C=O) groups excluding carboxylic acids is 2. The van der Waals surface area contributed by atoms with Crippen molar-refractivity contribution in [2.45, 2.75) is 19.0 Å². The van der Waals surface area contributed by atoms with E-state index in [2.05, 4.69) is 27.9 Å². The van der Waals surface area contributed by atoms with Crippen molar-refractivity contribution in [1.82, 2.24) is 10.2 Å². The number of rotatable bonds is 9. The lowest BCUT2D eigenvalue weighted by atomic mass is 10.0. The van der Waals surface area contributed by atoms with Crippen LogP contribution in [0.3, 0.4) is 0 Å². The van der Waals surface area contributed by atoms with Crippen LogP contribution in [0.15, 0.2) is 72.8 Å². The lowest BCUT2D eigenvalue weighted by molar-refractivity contribution is -0.142. The Morgan fingerprint density at radius 2 is 1.61 bits per heavy atom. The molecule has 0 aliphatic carbocycles. The van der Waals surface area contributed by atoms with Crippen LogP contribution in [-0.4, -0.2) is 36.4 Å². The minimum atomic E-state index is -0.780. The van der Waals surface area contributed by atoms with E-state index in [0.29, 0.717) is 27.8 Å². The van der Waals surface area contributed by atoms with Crippen LogP contribution in [-0.2, 0) is 22.6 Å². The molecule has 0 aromatic heterocycles. The van der Waals surface area contributed by atoms with Gasteiger partial charge in [-0.25, -0.2) is 0 Å². The van der Waals surface area contributed by atoms with E-state index < -0.39 is 6.04 Å². The molecule has 3 aromatic carbocycles. The molecule has 3 aromatic rings. The van der Waals surface area contributed by atoms with Gasteiger partial charge in [0.05, 0.1) is 0 Å². The molecule has 0 unspecified atom stereocenters. The lowest BCUT2D eigenvalue weighted by Crippen LogP contribution is -2.51. The Kier molecular flexibility index (Phi) is 9.41. The van der Waals surface area contributed by atoms with Gasteiger partial charge in [0.2, 0.25) is 5.91 Å². The Morgan fingerprint density at radius 1 is 0.970 bits per heavy atom. The average Bonchev–Trinajstić information content (AvgIpc) is 2.82. The first-order chi connectivity index (χ1) is 15.9. The van der Waals surface area contributed by atoms with E-state index in [-0.39, 0.29) is 25.0 Å². The first-order valence-corrected chi connectivity index (χ1v) is 12.1. The SMILES string of the molecule is CNC(=O)[C@@H](Cc1ccccc1)N(Cc1c(Cl)cccc1Cl)C(=O)COc1ccc(I)cc1. The maximum Gasteiger partial charge on any atom is 0.261 e. The molecule has 0 spiro atoms. The predicted molar refractivity (Wildman–Crippen MR) is 140 cm³/mol. The summed E-state index contributed by atoms with van der Waals surface area (Å²) in [6.07, 6.45) is 0.331. The molecule has 8 heteroatoms. The Bertz CT molecular complexity index is 1070. The van der Waals surface area contributed by atoms with Gasteiger partial charge in [-0.15, -0.1) is 0 Å². The molecule has 172 valence electrons. The average molecular weight is 597 g/mol. The maximum absolute atomic E-state index is 13.4. The highest BCUT2D eigenvalue weighted by molar-refractivity contribution is 14.1. The summed E-state index contributed by atoms with van der Waals surface area (Å²) in [4.78, 5) is 27.8. The van der Waals surface area contributed by atoms with E-state index in [9.17, 15) is 9.59 Å². The normalized spacial score (nSPS) is 11.5. The van der Waals surface area contributed by atoms with Crippen molar-refractivity contribution in [3.8, 4) is 5.75 Å². The van der Waals surface area contributed by atoms with E-state index in [0.717, 1.165) is 9.13 Å². The molecule has 0 saturated carbocycles. The molecule has 3 rings (SSSR count).